The molecular formula is C16H18N2O3. The van der Waals surface area contributed by atoms with Crippen LogP contribution < -0.4 is 20.5 Å². The summed E-state index contributed by atoms with van der Waals surface area (Å²) in [4.78, 5) is 12.2. The molecule has 0 heterocycles. The van der Waals surface area contributed by atoms with E-state index in [-0.39, 0.29) is 5.91 Å². The Labute approximate surface area is 123 Å². The second-order valence-corrected chi connectivity index (χ2v) is 4.42. The molecule has 0 aliphatic carbocycles. The van der Waals surface area contributed by atoms with Gasteiger partial charge < -0.3 is 20.5 Å². The highest BCUT2D eigenvalue weighted by Crippen LogP contribution is 2.26. The largest absolute Gasteiger partial charge is 0.497 e. The van der Waals surface area contributed by atoms with E-state index in [2.05, 4.69) is 5.32 Å². The molecule has 0 saturated carbocycles. The fourth-order valence-electron chi connectivity index (χ4n) is 1.90. The van der Waals surface area contributed by atoms with E-state index in [9.17, 15) is 4.79 Å². The Morgan fingerprint density at radius 2 is 1.81 bits per heavy atom. The summed E-state index contributed by atoms with van der Waals surface area (Å²) in [6.45, 7) is 0.420. The van der Waals surface area contributed by atoms with Crippen LogP contribution in [0.25, 0.3) is 0 Å². The zero-order valence-electron chi connectivity index (χ0n) is 12.1. The van der Waals surface area contributed by atoms with E-state index in [1.807, 2.05) is 12.1 Å². The van der Waals surface area contributed by atoms with Crippen molar-refractivity contribution in [2.75, 3.05) is 19.5 Å². The first-order valence-electron chi connectivity index (χ1n) is 6.50. The lowest BCUT2D eigenvalue weighted by Gasteiger charge is -2.11. The molecule has 2 aromatic carbocycles. The number of carbonyl (C=O) groups excluding carboxylic acids is 1. The Kier molecular flexibility index (Phi) is 4.79. The van der Waals surface area contributed by atoms with Crippen LogP contribution in [0.5, 0.6) is 11.5 Å². The number of rotatable bonds is 5. The van der Waals surface area contributed by atoms with Crippen molar-refractivity contribution in [3.8, 4) is 11.5 Å². The molecule has 0 unspecified atom stereocenters. The van der Waals surface area contributed by atoms with Crippen molar-refractivity contribution in [2.45, 2.75) is 6.54 Å². The van der Waals surface area contributed by atoms with E-state index in [0.29, 0.717) is 29.3 Å². The van der Waals surface area contributed by atoms with E-state index in [1.54, 1.807) is 44.6 Å². The lowest BCUT2D eigenvalue weighted by atomic mass is 10.1. The lowest BCUT2D eigenvalue weighted by Crippen LogP contribution is -2.12. The number of anilines is 1. The maximum Gasteiger partial charge on any atom is 0.255 e. The second-order valence-electron chi connectivity index (χ2n) is 4.42. The molecule has 0 radical (unpaired) electrons. The van der Waals surface area contributed by atoms with Gasteiger partial charge in [-0.05, 0) is 42.0 Å². The molecule has 5 nitrogen and oxygen atoms in total. The number of carbonyl (C=O) groups is 1. The molecule has 2 rings (SSSR count). The Hall–Kier alpha value is -2.53. The predicted molar refractivity (Wildman–Crippen MR) is 81.8 cm³/mol. The zero-order chi connectivity index (χ0) is 15.2. The van der Waals surface area contributed by atoms with E-state index in [0.717, 1.165) is 5.56 Å². The highest BCUT2D eigenvalue weighted by Gasteiger charge is 2.10. The SMILES string of the molecule is COc1ccc(C(=O)Nc2ccc(CN)cc2OC)cc1. The van der Waals surface area contributed by atoms with Gasteiger partial charge in [0.2, 0.25) is 0 Å². The molecule has 0 spiro atoms. The summed E-state index contributed by atoms with van der Waals surface area (Å²) in [6.07, 6.45) is 0. The van der Waals surface area contributed by atoms with Gasteiger partial charge in [0.05, 0.1) is 19.9 Å². The van der Waals surface area contributed by atoms with Gasteiger partial charge in [0, 0.05) is 12.1 Å². The van der Waals surface area contributed by atoms with Crippen molar-refractivity contribution in [3.63, 3.8) is 0 Å². The molecule has 0 aliphatic heterocycles. The van der Waals surface area contributed by atoms with Crippen molar-refractivity contribution in [1.29, 1.82) is 0 Å². The summed E-state index contributed by atoms with van der Waals surface area (Å²) in [6, 6.07) is 12.3. The van der Waals surface area contributed by atoms with E-state index in [4.69, 9.17) is 15.2 Å². The van der Waals surface area contributed by atoms with Crippen molar-refractivity contribution in [2.24, 2.45) is 5.73 Å². The number of benzene rings is 2. The third kappa shape index (κ3) is 3.52. The molecule has 0 aromatic heterocycles. The standard InChI is InChI=1S/C16H18N2O3/c1-20-13-6-4-12(5-7-13)16(19)18-14-8-3-11(10-17)9-15(14)21-2/h3-9H,10,17H2,1-2H3,(H,18,19). The average molecular weight is 286 g/mol. The topological polar surface area (TPSA) is 73.6 Å². The Morgan fingerprint density at radius 1 is 1.10 bits per heavy atom. The monoisotopic (exact) mass is 286 g/mol. The van der Waals surface area contributed by atoms with Crippen LogP contribution in [-0.2, 0) is 6.54 Å². The maximum absolute atomic E-state index is 12.2. The molecule has 0 fully saturated rings. The summed E-state index contributed by atoms with van der Waals surface area (Å²) in [7, 11) is 3.14. The third-order valence-electron chi connectivity index (χ3n) is 3.10. The summed E-state index contributed by atoms with van der Waals surface area (Å²) >= 11 is 0. The number of nitrogens with one attached hydrogen (secondary N) is 1. The lowest BCUT2D eigenvalue weighted by molar-refractivity contribution is 0.102. The summed E-state index contributed by atoms with van der Waals surface area (Å²) < 4.78 is 10.3. The normalized spacial score (nSPS) is 10.0. The average Bonchev–Trinajstić information content (AvgIpc) is 2.55. The number of nitrogens with two attached hydrogens (primary N) is 1. The van der Waals surface area contributed by atoms with Crippen LogP contribution in [0.3, 0.4) is 0 Å². The fraction of sp³-hybridized carbons (Fsp3) is 0.188. The molecule has 0 saturated heterocycles. The Bertz CT molecular complexity index is 624. The molecule has 0 bridgehead atoms. The van der Waals surface area contributed by atoms with Gasteiger partial charge >= 0.3 is 0 Å². The number of hydrogen-bond donors (Lipinski definition) is 2. The molecule has 3 N–H and O–H groups in total. The number of ether oxygens (including phenoxy) is 2. The van der Waals surface area contributed by atoms with Crippen LogP contribution >= 0.6 is 0 Å². The minimum atomic E-state index is -0.212. The Morgan fingerprint density at radius 3 is 2.38 bits per heavy atom. The quantitative estimate of drug-likeness (QED) is 0.885. The van der Waals surface area contributed by atoms with Crippen LogP contribution in [0.2, 0.25) is 0 Å². The molecule has 21 heavy (non-hydrogen) atoms. The number of amides is 1. The summed E-state index contributed by atoms with van der Waals surface area (Å²) in [5.41, 5.74) is 7.68. The number of hydrogen-bond acceptors (Lipinski definition) is 4. The predicted octanol–water partition coefficient (Wildman–Crippen LogP) is 2.41. The maximum atomic E-state index is 12.2. The zero-order valence-corrected chi connectivity index (χ0v) is 12.1. The van der Waals surface area contributed by atoms with Gasteiger partial charge in [0.1, 0.15) is 11.5 Å². The Balaban J connectivity index is 2.18. The third-order valence-corrected chi connectivity index (χ3v) is 3.10. The smallest absolute Gasteiger partial charge is 0.255 e. The van der Waals surface area contributed by atoms with Gasteiger partial charge in [0.25, 0.3) is 5.91 Å². The minimum absolute atomic E-state index is 0.212. The first-order chi connectivity index (χ1) is 10.2. The van der Waals surface area contributed by atoms with Gasteiger partial charge in [-0.2, -0.15) is 0 Å². The highest BCUT2D eigenvalue weighted by atomic mass is 16.5. The van der Waals surface area contributed by atoms with Gasteiger partial charge in [0.15, 0.2) is 0 Å². The number of methoxy groups -OCH3 is 2. The van der Waals surface area contributed by atoms with Crippen LogP contribution in [0, 0.1) is 0 Å². The minimum Gasteiger partial charge on any atom is -0.497 e. The summed E-state index contributed by atoms with van der Waals surface area (Å²) in [5, 5.41) is 2.82. The van der Waals surface area contributed by atoms with E-state index in [1.165, 1.54) is 0 Å². The molecule has 2 aromatic rings. The summed E-state index contributed by atoms with van der Waals surface area (Å²) in [5.74, 6) is 1.08. The molecule has 0 aliphatic rings. The molecular weight excluding hydrogens is 268 g/mol. The molecule has 5 heteroatoms. The van der Waals surface area contributed by atoms with Gasteiger partial charge in [-0.15, -0.1) is 0 Å². The first kappa shape index (κ1) is 14.9. The molecule has 110 valence electrons. The van der Waals surface area contributed by atoms with Crippen LogP contribution in [0.1, 0.15) is 15.9 Å². The van der Waals surface area contributed by atoms with Crippen molar-refractivity contribution in [1.82, 2.24) is 0 Å². The molecule has 1 amide bonds. The van der Waals surface area contributed by atoms with Gasteiger partial charge in [-0.1, -0.05) is 6.07 Å². The van der Waals surface area contributed by atoms with Gasteiger partial charge in [-0.3, -0.25) is 4.79 Å². The van der Waals surface area contributed by atoms with Gasteiger partial charge in [-0.25, -0.2) is 0 Å². The molecule has 0 atom stereocenters. The van der Waals surface area contributed by atoms with E-state index < -0.39 is 0 Å². The fourth-order valence-corrected chi connectivity index (χ4v) is 1.90. The van der Waals surface area contributed by atoms with Crippen molar-refractivity contribution in [3.05, 3.63) is 53.6 Å². The van der Waals surface area contributed by atoms with Crippen LogP contribution in [0.4, 0.5) is 5.69 Å². The highest BCUT2D eigenvalue weighted by molar-refractivity contribution is 6.05. The van der Waals surface area contributed by atoms with Crippen molar-refractivity contribution >= 4 is 11.6 Å². The second kappa shape index (κ2) is 6.76. The van der Waals surface area contributed by atoms with Crippen LogP contribution in [0.15, 0.2) is 42.5 Å². The van der Waals surface area contributed by atoms with Crippen molar-refractivity contribution < 1.29 is 14.3 Å². The van der Waals surface area contributed by atoms with E-state index >= 15 is 0 Å². The van der Waals surface area contributed by atoms with Crippen LogP contribution in [-0.4, -0.2) is 20.1 Å². The first-order valence-corrected chi connectivity index (χ1v) is 6.50.